The lowest BCUT2D eigenvalue weighted by molar-refractivity contribution is -0.135. The largest absolute Gasteiger partial charge is 0.415 e. The molecule has 1 aliphatic carbocycles. The van der Waals surface area contributed by atoms with Crippen LogP contribution in [0.3, 0.4) is 0 Å². The number of rotatable bonds is 11. The van der Waals surface area contributed by atoms with Crippen LogP contribution in [0, 0.1) is 11.8 Å². The van der Waals surface area contributed by atoms with Crippen molar-refractivity contribution in [2.24, 2.45) is 11.8 Å². The molecule has 11 heteroatoms. The molecule has 2 N–H and O–H groups in total. The van der Waals surface area contributed by atoms with Crippen molar-refractivity contribution in [2.75, 3.05) is 13.1 Å². The molecule has 41 heavy (non-hydrogen) atoms. The van der Waals surface area contributed by atoms with Crippen molar-refractivity contribution in [3.8, 4) is 0 Å². The molecule has 226 valence electrons. The van der Waals surface area contributed by atoms with E-state index >= 15 is 0 Å². The molecule has 1 aliphatic heterocycles. The van der Waals surface area contributed by atoms with Gasteiger partial charge in [0, 0.05) is 23.4 Å². The Morgan fingerprint density at radius 1 is 1.05 bits per heavy atom. The van der Waals surface area contributed by atoms with Crippen molar-refractivity contribution in [3.05, 3.63) is 41.3 Å². The molecule has 2 aliphatic rings. The van der Waals surface area contributed by atoms with Crippen molar-refractivity contribution >= 4 is 41.9 Å². The summed E-state index contributed by atoms with van der Waals surface area (Å²) in [5.41, 5.74) is 1.71. The van der Waals surface area contributed by atoms with Crippen LogP contribution < -0.4 is 10.6 Å². The van der Waals surface area contributed by atoms with Gasteiger partial charge in [0.2, 0.25) is 17.7 Å². The first-order valence-corrected chi connectivity index (χ1v) is 15.5. The SMILES string of the molecule is CC(C)CC(C(=O)NC(=O)[C@@H]1CCCC[C@@H]1NC(=O)c1cccc(CN2CCCC2)c1)c1nnc(SC(C)C)o1.Cl. The lowest BCUT2D eigenvalue weighted by atomic mass is 9.83. The van der Waals surface area contributed by atoms with Crippen molar-refractivity contribution in [1.82, 2.24) is 25.7 Å². The van der Waals surface area contributed by atoms with E-state index in [1.165, 1.54) is 24.6 Å². The number of imide groups is 1. The van der Waals surface area contributed by atoms with E-state index in [-0.39, 0.29) is 47.3 Å². The standard InChI is InChI=1S/C30H43N5O4S.ClH/c1-19(2)16-24(29-33-34-30(39-29)40-20(3)4)28(38)32-27(37)23-12-5-6-13-25(23)31-26(36)22-11-9-10-21(17-22)18-35-14-7-8-15-35;/h9-11,17,19-20,23-25H,5-8,12-16,18H2,1-4H3,(H,31,36)(H,32,37,38);1H/t23-,24?,25+;/m1./s1. The summed E-state index contributed by atoms with van der Waals surface area (Å²) in [6, 6.07) is 7.40. The molecule has 1 aromatic carbocycles. The summed E-state index contributed by atoms with van der Waals surface area (Å²) in [5, 5.41) is 14.6. The van der Waals surface area contributed by atoms with Gasteiger partial charge in [0.25, 0.3) is 11.1 Å². The van der Waals surface area contributed by atoms with E-state index in [1.54, 1.807) is 0 Å². The average Bonchev–Trinajstić information content (AvgIpc) is 3.59. The van der Waals surface area contributed by atoms with Crippen molar-refractivity contribution in [3.63, 3.8) is 0 Å². The zero-order valence-electron chi connectivity index (χ0n) is 24.6. The monoisotopic (exact) mass is 605 g/mol. The maximum atomic E-state index is 13.4. The number of likely N-dealkylation sites (tertiary alicyclic amines) is 1. The molecule has 3 atom stereocenters. The zero-order chi connectivity index (χ0) is 28.6. The van der Waals surface area contributed by atoms with Gasteiger partial charge in [-0.25, -0.2) is 0 Å². The summed E-state index contributed by atoms with van der Waals surface area (Å²) < 4.78 is 5.79. The number of carbonyl (C=O) groups excluding carboxylic acids is 3. The fourth-order valence-corrected chi connectivity index (χ4v) is 6.21. The fraction of sp³-hybridized carbons (Fsp3) is 0.633. The maximum absolute atomic E-state index is 13.4. The summed E-state index contributed by atoms with van der Waals surface area (Å²) in [6.07, 6.45) is 6.03. The molecule has 1 aromatic heterocycles. The van der Waals surface area contributed by atoms with Crippen LogP contribution in [0.1, 0.15) is 100 Å². The number of nitrogens with zero attached hydrogens (tertiary/aromatic N) is 3. The van der Waals surface area contributed by atoms with E-state index in [0.717, 1.165) is 38.0 Å². The molecule has 2 fully saturated rings. The minimum atomic E-state index is -0.715. The van der Waals surface area contributed by atoms with Gasteiger partial charge in [-0.3, -0.25) is 24.6 Å². The Balaban J connectivity index is 0.00000462. The van der Waals surface area contributed by atoms with Crippen LogP contribution in [0.5, 0.6) is 0 Å². The zero-order valence-corrected chi connectivity index (χ0v) is 26.2. The van der Waals surface area contributed by atoms with E-state index in [0.29, 0.717) is 30.0 Å². The second-order valence-electron chi connectivity index (χ2n) is 11.8. The Morgan fingerprint density at radius 3 is 2.49 bits per heavy atom. The first-order valence-electron chi connectivity index (χ1n) is 14.7. The van der Waals surface area contributed by atoms with Gasteiger partial charge in [-0.1, -0.05) is 64.4 Å². The lowest BCUT2D eigenvalue weighted by Gasteiger charge is -2.31. The van der Waals surface area contributed by atoms with Crippen LogP contribution in [0.25, 0.3) is 0 Å². The summed E-state index contributed by atoms with van der Waals surface area (Å²) >= 11 is 1.43. The van der Waals surface area contributed by atoms with E-state index in [1.807, 2.05) is 45.9 Å². The summed E-state index contributed by atoms with van der Waals surface area (Å²) in [6.45, 7) is 11.1. The molecule has 2 heterocycles. The second kappa shape index (κ2) is 15.7. The average molecular weight is 606 g/mol. The Hall–Kier alpha value is -2.43. The van der Waals surface area contributed by atoms with Gasteiger partial charge in [0.15, 0.2) is 0 Å². The Kier molecular flexibility index (Phi) is 12.7. The molecular weight excluding hydrogens is 562 g/mol. The molecule has 1 saturated carbocycles. The normalized spacial score (nSPS) is 20.0. The third-order valence-corrected chi connectivity index (χ3v) is 8.38. The number of aromatic nitrogens is 2. The van der Waals surface area contributed by atoms with E-state index in [2.05, 4.69) is 31.8 Å². The van der Waals surface area contributed by atoms with Gasteiger partial charge in [-0.2, -0.15) is 0 Å². The van der Waals surface area contributed by atoms with Crippen molar-refractivity contribution in [2.45, 2.75) is 102 Å². The Labute approximate surface area is 253 Å². The van der Waals surface area contributed by atoms with Gasteiger partial charge in [-0.15, -0.1) is 22.6 Å². The number of hydrogen-bond donors (Lipinski definition) is 2. The molecule has 0 radical (unpaired) electrons. The third-order valence-electron chi connectivity index (χ3n) is 7.54. The molecule has 0 bridgehead atoms. The Bertz CT molecular complexity index is 1170. The lowest BCUT2D eigenvalue weighted by Crippen LogP contribution is -2.50. The highest BCUT2D eigenvalue weighted by atomic mass is 35.5. The number of carbonyl (C=O) groups is 3. The predicted octanol–water partition coefficient (Wildman–Crippen LogP) is 5.35. The van der Waals surface area contributed by atoms with Gasteiger partial charge in [-0.05, 0) is 68.8 Å². The van der Waals surface area contributed by atoms with Crippen LogP contribution in [0.4, 0.5) is 0 Å². The van der Waals surface area contributed by atoms with Crippen LogP contribution in [-0.4, -0.2) is 57.2 Å². The van der Waals surface area contributed by atoms with Gasteiger partial charge < -0.3 is 9.73 Å². The quantitative estimate of drug-likeness (QED) is 0.329. The number of hydrogen-bond acceptors (Lipinski definition) is 8. The molecular formula is C30H44ClN5O4S. The molecule has 0 spiro atoms. The fourth-order valence-electron chi connectivity index (χ4n) is 5.58. The third kappa shape index (κ3) is 9.54. The van der Waals surface area contributed by atoms with E-state index in [4.69, 9.17) is 4.42 Å². The first-order chi connectivity index (χ1) is 19.2. The number of benzene rings is 1. The van der Waals surface area contributed by atoms with Crippen LogP contribution >= 0.6 is 24.2 Å². The summed E-state index contributed by atoms with van der Waals surface area (Å²) in [7, 11) is 0. The highest BCUT2D eigenvalue weighted by Crippen LogP contribution is 2.29. The number of halogens is 1. The summed E-state index contributed by atoms with van der Waals surface area (Å²) in [5.74, 6) is -1.77. The summed E-state index contributed by atoms with van der Waals surface area (Å²) in [4.78, 5) is 42.4. The van der Waals surface area contributed by atoms with Crippen LogP contribution in [0.15, 0.2) is 33.9 Å². The number of nitrogens with one attached hydrogen (secondary N) is 2. The highest BCUT2D eigenvalue weighted by molar-refractivity contribution is 7.99. The van der Waals surface area contributed by atoms with Gasteiger partial charge >= 0.3 is 0 Å². The van der Waals surface area contributed by atoms with Crippen molar-refractivity contribution < 1.29 is 18.8 Å². The minimum absolute atomic E-state index is 0. The highest BCUT2D eigenvalue weighted by Gasteiger charge is 2.36. The van der Waals surface area contributed by atoms with Crippen LogP contribution in [0.2, 0.25) is 0 Å². The van der Waals surface area contributed by atoms with E-state index < -0.39 is 17.7 Å². The Morgan fingerprint density at radius 2 is 1.78 bits per heavy atom. The smallest absolute Gasteiger partial charge is 0.276 e. The van der Waals surface area contributed by atoms with Gasteiger partial charge in [0.1, 0.15) is 5.92 Å². The molecule has 4 rings (SSSR count). The van der Waals surface area contributed by atoms with Crippen molar-refractivity contribution in [1.29, 1.82) is 0 Å². The van der Waals surface area contributed by atoms with Gasteiger partial charge in [0.05, 0.1) is 5.92 Å². The maximum Gasteiger partial charge on any atom is 0.276 e. The molecule has 3 amide bonds. The topological polar surface area (TPSA) is 117 Å². The molecule has 9 nitrogen and oxygen atoms in total. The number of thioether (sulfide) groups is 1. The van der Waals surface area contributed by atoms with E-state index in [9.17, 15) is 14.4 Å². The second-order valence-corrected chi connectivity index (χ2v) is 13.3. The molecule has 2 aromatic rings. The number of amides is 3. The van der Waals surface area contributed by atoms with Crippen LogP contribution in [-0.2, 0) is 16.1 Å². The minimum Gasteiger partial charge on any atom is -0.415 e. The predicted molar refractivity (Wildman–Crippen MR) is 162 cm³/mol. The molecule has 1 unspecified atom stereocenters. The molecule has 1 saturated heterocycles. The first kappa shape index (κ1) is 33.1.